The Morgan fingerprint density at radius 2 is 2.29 bits per heavy atom. The molecule has 0 aromatic carbocycles. The zero-order valence-corrected chi connectivity index (χ0v) is 11.2. The lowest BCUT2D eigenvalue weighted by Gasteiger charge is -2.03. The van der Waals surface area contributed by atoms with E-state index >= 15 is 0 Å². The maximum Gasteiger partial charge on any atom is 0.169 e. The maximum atomic E-state index is 5.50. The lowest BCUT2D eigenvalue weighted by molar-refractivity contribution is 0.475. The summed E-state index contributed by atoms with van der Waals surface area (Å²) in [6.45, 7) is 0.693. The Morgan fingerprint density at radius 1 is 1.35 bits per heavy atom. The third-order valence-corrected chi connectivity index (χ3v) is 3.70. The van der Waals surface area contributed by atoms with Crippen LogP contribution in [0, 0.1) is 0 Å². The highest BCUT2D eigenvalue weighted by Crippen LogP contribution is 2.24. The van der Waals surface area contributed by atoms with E-state index in [1.54, 1.807) is 11.3 Å². The molecule has 5 heteroatoms. The standard InChI is InChI=1S/C12H9BrN2OS/c13-11-4-3-9(16-11)8-15-6-5-14-12(15)10-2-1-7-17-10/h1-7H,8H2. The van der Waals surface area contributed by atoms with Crippen LogP contribution < -0.4 is 0 Å². The van der Waals surface area contributed by atoms with Crippen molar-refractivity contribution in [3.05, 3.63) is 52.5 Å². The van der Waals surface area contributed by atoms with E-state index in [-0.39, 0.29) is 0 Å². The van der Waals surface area contributed by atoms with Crippen molar-refractivity contribution >= 4 is 27.3 Å². The predicted octanol–water partition coefficient (Wildman–Crippen LogP) is 4.02. The molecule has 0 bridgehead atoms. The van der Waals surface area contributed by atoms with Crippen molar-refractivity contribution in [3.63, 3.8) is 0 Å². The topological polar surface area (TPSA) is 31.0 Å². The second kappa shape index (κ2) is 4.50. The molecule has 3 nitrogen and oxygen atoms in total. The molecular formula is C12H9BrN2OS. The lowest BCUT2D eigenvalue weighted by Crippen LogP contribution is -1.98. The maximum absolute atomic E-state index is 5.50. The van der Waals surface area contributed by atoms with Crippen LogP contribution in [0.1, 0.15) is 5.76 Å². The van der Waals surface area contributed by atoms with Crippen molar-refractivity contribution < 1.29 is 4.42 Å². The second-order valence-electron chi connectivity index (χ2n) is 3.56. The van der Waals surface area contributed by atoms with E-state index in [9.17, 15) is 0 Å². The lowest BCUT2D eigenvalue weighted by atomic mass is 10.4. The van der Waals surface area contributed by atoms with Crippen LogP contribution in [0.15, 0.2) is 51.1 Å². The molecule has 0 spiro atoms. The molecule has 0 fully saturated rings. The molecule has 3 rings (SSSR count). The van der Waals surface area contributed by atoms with Gasteiger partial charge in [0, 0.05) is 12.4 Å². The fourth-order valence-corrected chi connectivity index (χ4v) is 2.75. The number of hydrogen-bond acceptors (Lipinski definition) is 3. The monoisotopic (exact) mass is 308 g/mol. The van der Waals surface area contributed by atoms with E-state index in [0.717, 1.165) is 16.3 Å². The number of rotatable bonds is 3. The van der Waals surface area contributed by atoms with Crippen molar-refractivity contribution in [1.82, 2.24) is 9.55 Å². The zero-order valence-electron chi connectivity index (χ0n) is 8.84. The summed E-state index contributed by atoms with van der Waals surface area (Å²) in [5.41, 5.74) is 0. The van der Waals surface area contributed by atoms with Gasteiger partial charge in [0.05, 0.1) is 11.4 Å². The van der Waals surface area contributed by atoms with Gasteiger partial charge in [-0.05, 0) is 39.5 Å². The van der Waals surface area contributed by atoms with Crippen LogP contribution in [-0.4, -0.2) is 9.55 Å². The summed E-state index contributed by atoms with van der Waals surface area (Å²) < 4.78 is 8.34. The molecule has 17 heavy (non-hydrogen) atoms. The molecule has 0 saturated carbocycles. The minimum Gasteiger partial charge on any atom is -0.452 e. The Balaban J connectivity index is 1.92. The predicted molar refractivity (Wildman–Crippen MR) is 71.1 cm³/mol. The smallest absolute Gasteiger partial charge is 0.169 e. The van der Waals surface area contributed by atoms with Crippen LogP contribution in [0.25, 0.3) is 10.7 Å². The van der Waals surface area contributed by atoms with Gasteiger partial charge in [-0.1, -0.05) is 6.07 Å². The normalized spacial score (nSPS) is 10.9. The highest BCUT2D eigenvalue weighted by Gasteiger charge is 2.08. The first-order valence-corrected chi connectivity index (χ1v) is 6.79. The van der Waals surface area contributed by atoms with Gasteiger partial charge in [-0.2, -0.15) is 0 Å². The van der Waals surface area contributed by atoms with Gasteiger partial charge in [-0.3, -0.25) is 0 Å². The Morgan fingerprint density at radius 3 is 3.00 bits per heavy atom. The third kappa shape index (κ3) is 2.21. The minimum atomic E-state index is 0.693. The first-order valence-electron chi connectivity index (χ1n) is 5.12. The molecule has 0 aliphatic heterocycles. The SMILES string of the molecule is Brc1ccc(Cn2ccnc2-c2cccs2)o1. The van der Waals surface area contributed by atoms with Gasteiger partial charge in [-0.15, -0.1) is 11.3 Å². The summed E-state index contributed by atoms with van der Waals surface area (Å²) >= 11 is 4.99. The van der Waals surface area contributed by atoms with Crippen LogP contribution in [0.3, 0.4) is 0 Å². The first kappa shape index (κ1) is 10.8. The summed E-state index contributed by atoms with van der Waals surface area (Å²) in [4.78, 5) is 5.55. The van der Waals surface area contributed by atoms with Gasteiger partial charge in [0.1, 0.15) is 11.6 Å². The minimum absolute atomic E-state index is 0.693. The van der Waals surface area contributed by atoms with Crippen LogP contribution in [0.5, 0.6) is 0 Å². The number of furan rings is 1. The highest BCUT2D eigenvalue weighted by atomic mass is 79.9. The van der Waals surface area contributed by atoms with E-state index in [1.165, 1.54) is 4.88 Å². The van der Waals surface area contributed by atoms with E-state index in [1.807, 2.05) is 30.6 Å². The Labute approximate surface area is 111 Å². The summed E-state index contributed by atoms with van der Waals surface area (Å²) in [5, 5.41) is 2.05. The van der Waals surface area contributed by atoms with E-state index in [2.05, 4.69) is 36.9 Å². The average molecular weight is 309 g/mol. The van der Waals surface area contributed by atoms with Crippen molar-refractivity contribution in [2.45, 2.75) is 6.54 Å². The summed E-state index contributed by atoms with van der Waals surface area (Å²) in [7, 11) is 0. The Bertz CT molecular complexity index is 612. The van der Waals surface area contributed by atoms with Crippen LogP contribution in [0.4, 0.5) is 0 Å². The van der Waals surface area contributed by atoms with Crippen molar-refractivity contribution in [2.75, 3.05) is 0 Å². The highest BCUT2D eigenvalue weighted by molar-refractivity contribution is 9.10. The molecule has 0 aliphatic rings. The number of halogens is 1. The Kier molecular flexibility index (Phi) is 2.86. The molecule has 0 N–H and O–H groups in total. The van der Waals surface area contributed by atoms with Crippen molar-refractivity contribution in [3.8, 4) is 10.7 Å². The molecule has 3 aromatic heterocycles. The molecule has 0 radical (unpaired) electrons. The summed E-state index contributed by atoms with van der Waals surface area (Å²) in [5.74, 6) is 1.89. The molecule has 0 amide bonds. The van der Waals surface area contributed by atoms with E-state index in [4.69, 9.17) is 4.42 Å². The quantitative estimate of drug-likeness (QED) is 0.732. The molecule has 86 valence electrons. The summed E-state index contributed by atoms with van der Waals surface area (Å²) in [6.07, 6.45) is 3.78. The van der Waals surface area contributed by atoms with Crippen LogP contribution in [0.2, 0.25) is 0 Å². The molecular weight excluding hydrogens is 300 g/mol. The first-order chi connectivity index (χ1) is 8.33. The third-order valence-electron chi connectivity index (χ3n) is 2.41. The van der Waals surface area contributed by atoms with Crippen LogP contribution >= 0.6 is 27.3 Å². The van der Waals surface area contributed by atoms with Gasteiger partial charge in [0.25, 0.3) is 0 Å². The molecule has 0 atom stereocenters. The largest absolute Gasteiger partial charge is 0.452 e. The van der Waals surface area contributed by atoms with Gasteiger partial charge in [-0.25, -0.2) is 4.98 Å². The average Bonchev–Trinajstić information content (AvgIpc) is 3.00. The number of nitrogens with zero attached hydrogens (tertiary/aromatic N) is 2. The molecule has 3 heterocycles. The van der Waals surface area contributed by atoms with Gasteiger partial charge in [0.2, 0.25) is 0 Å². The zero-order chi connectivity index (χ0) is 11.7. The fraction of sp³-hybridized carbons (Fsp3) is 0.0833. The van der Waals surface area contributed by atoms with Gasteiger partial charge < -0.3 is 8.98 Å². The number of thiophene rings is 1. The van der Waals surface area contributed by atoms with Gasteiger partial charge in [0.15, 0.2) is 4.67 Å². The molecule has 0 aliphatic carbocycles. The molecule has 3 aromatic rings. The van der Waals surface area contributed by atoms with Crippen molar-refractivity contribution in [1.29, 1.82) is 0 Å². The number of hydrogen-bond donors (Lipinski definition) is 0. The van der Waals surface area contributed by atoms with E-state index < -0.39 is 0 Å². The summed E-state index contributed by atoms with van der Waals surface area (Å²) in [6, 6.07) is 7.96. The molecule has 0 unspecified atom stereocenters. The fourth-order valence-electron chi connectivity index (χ4n) is 1.67. The van der Waals surface area contributed by atoms with Crippen LogP contribution in [-0.2, 0) is 6.54 Å². The Hall–Kier alpha value is -1.33. The number of imidazole rings is 1. The number of aromatic nitrogens is 2. The van der Waals surface area contributed by atoms with Crippen molar-refractivity contribution in [2.24, 2.45) is 0 Å². The second-order valence-corrected chi connectivity index (χ2v) is 5.29. The van der Waals surface area contributed by atoms with Gasteiger partial charge >= 0.3 is 0 Å². The van der Waals surface area contributed by atoms with E-state index in [0.29, 0.717) is 6.54 Å². The molecule has 0 saturated heterocycles.